The molecule has 86 valence electrons. The van der Waals surface area contributed by atoms with Crippen LogP contribution >= 0.6 is 38.9 Å². The van der Waals surface area contributed by atoms with Crippen LogP contribution in [0, 0.1) is 0 Å². The molecule has 2 rings (SSSR count). The lowest BCUT2D eigenvalue weighted by molar-refractivity contribution is 0.112. The molecule has 6 heteroatoms. The van der Waals surface area contributed by atoms with Crippen molar-refractivity contribution in [3.05, 3.63) is 49.0 Å². The highest BCUT2D eigenvalue weighted by Crippen LogP contribution is 2.24. The van der Waals surface area contributed by atoms with Gasteiger partial charge in [-0.1, -0.05) is 51.0 Å². The Kier molecular flexibility index (Phi) is 3.71. The summed E-state index contributed by atoms with van der Waals surface area (Å²) in [6, 6.07) is 7.32. The summed E-state index contributed by atoms with van der Waals surface area (Å²) in [4.78, 5) is 26.2. The van der Waals surface area contributed by atoms with Gasteiger partial charge in [0, 0.05) is 10.0 Å². The lowest BCUT2D eigenvalue weighted by Crippen LogP contribution is -2.06. The molecule has 0 fully saturated rings. The predicted molar refractivity (Wildman–Crippen MR) is 71.9 cm³/mol. The number of benzene rings is 1. The van der Waals surface area contributed by atoms with E-state index in [0.717, 1.165) is 21.4 Å². The zero-order chi connectivity index (χ0) is 12.4. The van der Waals surface area contributed by atoms with Crippen LogP contribution in [0.15, 0.2) is 33.5 Å². The first-order chi connectivity index (χ1) is 8.11. The topological polar surface area (TPSA) is 47.0 Å². The zero-order valence-corrected chi connectivity index (χ0v) is 11.5. The summed E-state index contributed by atoms with van der Waals surface area (Å²) in [5, 5.41) is 0.444. The minimum Gasteiger partial charge on any atom is -0.298 e. The van der Waals surface area contributed by atoms with Crippen LogP contribution in [-0.2, 0) is 0 Å². The van der Waals surface area contributed by atoms with Crippen molar-refractivity contribution in [2.45, 2.75) is 0 Å². The van der Waals surface area contributed by atoms with Crippen molar-refractivity contribution >= 4 is 45.2 Å². The van der Waals surface area contributed by atoms with E-state index in [4.69, 9.17) is 11.6 Å². The number of hydrogen-bond donors (Lipinski definition) is 0. The van der Waals surface area contributed by atoms with Crippen LogP contribution in [0.1, 0.15) is 10.4 Å². The van der Waals surface area contributed by atoms with Gasteiger partial charge in [0.25, 0.3) is 0 Å². The Hall–Kier alpha value is -1.04. The van der Waals surface area contributed by atoms with Crippen molar-refractivity contribution in [1.29, 1.82) is 0 Å². The second kappa shape index (κ2) is 5.08. The standard InChI is InChI=1S/C11H5BrClNO2S/c12-7-3-1-6(2-4-7)10-14-9(13)8(5-15)11(16)17-10/h1-5H. The SMILES string of the molecule is O=Cc1c(Cl)nc(-c2ccc(Br)cc2)sc1=O. The van der Waals surface area contributed by atoms with E-state index < -0.39 is 0 Å². The van der Waals surface area contributed by atoms with E-state index in [9.17, 15) is 9.59 Å². The number of aromatic nitrogens is 1. The van der Waals surface area contributed by atoms with E-state index in [2.05, 4.69) is 20.9 Å². The van der Waals surface area contributed by atoms with Crippen LogP contribution in [0.3, 0.4) is 0 Å². The second-order valence-corrected chi connectivity index (χ2v) is 5.37. The molecule has 2 aromatic rings. The van der Waals surface area contributed by atoms with Gasteiger partial charge >= 0.3 is 0 Å². The Labute approximate surface area is 114 Å². The van der Waals surface area contributed by atoms with Gasteiger partial charge in [0.1, 0.15) is 15.7 Å². The minimum atomic E-state index is -0.377. The second-order valence-electron chi connectivity index (χ2n) is 3.14. The number of halogens is 2. The van der Waals surface area contributed by atoms with Crippen LogP contribution in [-0.4, -0.2) is 11.3 Å². The van der Waals surface area contributed by atoms with Gasteiger partial charge in [0.05, 0.1) is 0 Å². The van der Waals surface area contributed by atoms with Gasteiger partial charge in [-0.15, -0.1) is 0 Å². The zero-order valence-electron chi connectivity index (χ0n) is 8.31. The van der Waals surface area contributed by atoms with E-state index >= 15 is 0 Å². The third-order valence-corrected chi connectivity index (χ3v) is 3.78. The maximum Gasteiger partial charge on any atom is 0.247 e. The Morgan fingerprint density at radius 1 is 1.29 bits per heavy atom. The fourth-order valence-electron chi connectivity index (χ4n) is 1.21. The van der Waals surface area contributed by atoms with E-state index in [0.29, 0.717) is 11.3 Å². The predicted octanol–water partition coefficient (Wildman–Crippen LogP) is 3.40. The van der Waals surface area contributed by atoms with Crippen molar-refractivity contribution < 1.29 is 4.79 Å². The number of aldehydes is 1. The maximum absolute atomic E-state index is 11.6. The molecule has 0 bridgehead atoms. The Morgan fingerprint density at radius 3 is 2.47 bits per heavy atom. The summed E-state index contributed by atoms with van der Waals surface area (Å²) in [5.41, 5.74) is 0.701. The van der Waals surface area contributed by atoms with Gasteiger partial charge in [0.15, 0.2) is 6.29 Å². The molecule has 17 heavy (non-hydrogen) atoms. The van der Waals surface area contributed by atoms with Crippen LogP contribution in [0.2, 0.25) is 5.15 Å². The molecular formula is C11H5BrClNO2S. The summed E-state index contributed by atoms with van der Waals surface area (Å²) >= 11 is 9.99. The molecule has 1 aromatic heterocycles. The number of carbonyl (C=O) groups excluding carboxylic acids is 1. The van der Waals surface area contributed by atoms with E-state index in [1.165, 1.54) is 0 Å². The van der Waals surface area contributed by atoms with Crippen LogP contribution < -0.4 is 4.74 Å². The largest absolute Gasteiger partial charge is 0.298 e. The summed E-state index contributed by atoms with van der Waals surface area (Å²) < 4.78 is 0.558. The van der Waals surface area contributed by atoms with Crippen molar-refractivity contribution in [3.63, 3.8) is 0 Å². The van der Waals surface area contributed by atoms with E-state index in [1.807, 2.05) is 24.3 Å². The average molecular weight is 331 g/mol. The molecule has 1 aromatic carbocycles. The monoisotopic (exact) mass is 329 g/mol. The number of nitrogens with zero attached hydrogens (tertiary/aromatic N) is 1. The van der Waals surface area contributed by atoms with E-state index in [-0.39, 0.29) is 15.5 Å². The highest BCUT2D eigenvalue weighted by atomic mass is 79.9. The fourth-order valence-corrected chi connectivity index (χ4v) is 2.62. The Bertz CT molecular complexity index is 624. The molecule has 0 spiro atoms. The maximum atomic E-state index is 11.6. The van der Waals surface area contributed by atoms with Gasteiger partial charge in [-0.25, -0.2) is 4.98 Å². The molecule has 0 radical (unpaired) electrons. The molecule has 0 aliphatic rings. The minimum absolute atomic E-state index is 0.0540. The summed E-state index contributed by atoms with van der Waals surface area (Å²) in [6.07, 6.45) is 0.430. The fraction of sp³-hybridized carbons (Fsp3) is 0. The van der Waals surface area contributed by atoms with Gasteiger partial charge in [-0.3, -0.25) is 9.59 Å². The molecule has 0 aliphatic heterocycles. The molecule has 0 N–H and O–H groups in total. The van der Waals surface area contributed by atoms with Gasteiger partial charge in [0.2, 0.25) is 4.74 Å². The molecule has 0 aliphatic carbocycles. The molecule has 0 amide bonds. The van der Waals surface area contributed by atoms with Crippen molar-refractivity contribution in [1.82, 2.24) is 4.98 Å². The van der Waals surface area contributed by atoms with Crippen LogP contribution in [0.4, 0.5) is 0 Å². The van der Waals surface area contributed by atoms with E-state index in [1.54, 1.807) is 0 Å². The summed E-state index contributed by atoms with van der Waals surface area (Å²) in [6.45, 7) is 0. The first-order valence-corrected chi connectivity index (χ1v) is 6.52. The van der Waals surface area contributed by atoms with Gasteiger partial charge in [-0.05, 0) is 12.1 Å². The number of hydrogen-bond acceptors (Lipinski definition) is 4. The van der Waals surface area contributed by atoms with Gasteiger partial charge < -0.3 is 0 Å². The molecule has 3 nitrogen and oxygen atoms in total. The average Bonchev–Trinajstić information content (AvgIpc) is 2.29. The molecule has 1 heterocycles. The third-order valence-electron chi connectivity index (χ3n) is 2.04. The quantitative estimate of drug-likeness (QED) is 0.793. The van der Waals surface area contributed by atoms with Gasteiger partial charge in [-0.2, -0.15) is 0 Å². The normalized spacial score (nSPS) is 10.2. The lowest BCUT2D eigenvalue weighted by Gasteiger charge is -2.01. The third kappa shape index (κ3) is 2.62. The Morgan fingerprint density at radius 2 is 1.94 bits per heavy atom. The first kappa shape index (κ1) is 12.4. The molecule has 0 atom stereocenters. The number of carbonyl (C=O) groups is 1. The summed E-state index contributed by atoms with van der Waals surface area (Å²) in [7, 11) is 0. The molecule has 0 saturated heterocycles. The highest BCUT2D eigenvalue weighted by Gasteiger charge is 2.10. The van der Waals surface area contributed by atoms with Crippen molar-refractivity contribution in [2.24, 2.45) is 0 Å². The molecule has 0 saturated carbocycles. The summed E-state index contributed by atoms with van der Waals surface area (Å²) in [5.74, 6) is 0. The van der Waals surface area contributed by atoms with Crippen LogP contribution in [0.25, 0.3) is 10.6 Å². The van der Waals surface area contributed by atoms with Crippen LogP contribution in [0.5, 0.6) is 0 Å². The lowest BCUT2D eigenvalue weighted by atomic mass is 10.2. The first-order valence-electron chi connectivity index (χ1n) is 4.53. The number of rotatable bonds is 2. The molecular weight excluding hydrogens is 326 g/mol. The highest BCUT2D eigenvalue weighted by molar-refractivity contribution is 9.10. The molecule has 0 unspecified atom stereocenters. The smallest absolute Gasteiger partial charge is 0.247 e. The Balaban J connectivity index is 2.58. The van der Waals surface area contributed by atoms with Crippen molar-refractivity contribution in [2.75, 3.05) is 0 Å². The van der Waals surface area contributed by atoms with Crippen molar-refractivity contribution in [3.8, 4) is 10.6 Å².